The van der Waals surface area contributed by atoms with Crippen molar-refractivity contribution < 1.29 is 31.9 Å². The summed E-state index contributed by atoms with van der Waals surface area (Å²) in [5, 5.41) is 2.60. The zero-order valence-corrected chi connectivity index (χ0v) is 20.4. The van der Waals surface area contributed by atoms with Crippen LogP contribution in [0.2, 0.25) is 0 Å². The Kier molecular flexibility index (Phi) is 8.00. The summed E-state index contributed by atoms with van der Waals surface area (Å²) in [7, 11) is 0. The lowest BCUT2D eigenvalue weighted by Crippen LogP contribution is -2.38. The van der Waals surface area contributed by atoms with E-state index in [1.165, 1.54) is 43.3 Å². The molecule has 1 aliphatic rings. The number of carbonyl (C=O) groups excluding carboxylic acids is 2. The topological polar surface area (TPSA) is 87.3 Å². The largest absolute Gasteiger partial charge is 0.491 e. The summed E-state index contributed by atoms with van der Waals surface area (Å²) < 4.78 is 58.4. The quantitative estimate of drug-likeness (QED) is 0.366. The van der Waals surface area contributed by atoms with Crippen molar-refractivity contribution in [1.29, 1.82) is 0 Å². The van der Waals surface area contributed by atoms with Crippen molar-refractivity contribution in [3.05, 3.63) is 65.7 Å². The summed E-state index contributed by atoms with van der Waals surface area (Å²) in [6.07, 6.45) is -2.39. The summed E-state index contributed by atoms with van der Waals surface area (Å²) in [4.78, 5) is 31.9. The number of likely N-dealkylation sites (tertiary alicyclic amines) is 1. The van der Waals surface area contributed by atoms with E-state index in [2.05, 4.69) is 27.1 Å². The molecule has 38 heavy (non-hydrogen) atoms. The molecule has 4 rings (SSSR count). The third-order valence-electron chi connectivity index (χ3n) is 6.06. The van der Waals surface area contributed by atoms with Crippen LogP contribution in [0.25, 0.3) is 11.4 Å². The van der Waals surface area contributed by atoms with Gasteiger partial charge in [0.25, 0.3) is 0 Å². The van der Waals surface area contributed by atoms with Gasteiger partial charge in [-0.1, -0.05) is 12.0 Å². The van der Waals surface area contributed by atoms with Crippen LogP contribution in [0.4, 0.5) is 23.2 Å². The zero-order chi connectivity index (χ0) is 27.3. The average Bonchev–Trinajstić information content (AvgIpc) is 3.38. The molecule has 1 fully saturated rings. The third-order valence-corrected chi connectivity index (χ3v) is 6.06. The SMILES string of the molecule is CC(=O)N1CCC(COc2ccc(-c3ncc(C(F)(F)F)[nH]3)cc2NC(=O)C#Cc2cccc(F)c2)CC1. The molecule has 0 unspecified atom stereocenters. The second-order valence-corrected chi connectivity index (χ2v) is 8.83. The van der Waals surface area contributed by atoms with E-state index in [4.69, 9.17) is 4.74 Å². The molecule has 2 N–H and O–H groups in total. The van der Waals surface area contributed by atoms with Crippen LogP contribution in [0, 0.1) is 23.6 Å². The van der Waals surface area contributed by atoms with Gasteiger partial charge in [0.05, 0.1) is 18.5 Å². The number of rotatable bonds is 5. The number of benzene rings is 2. The Balaban J connectivity index is 1.54. The number of aromatic nitrogens is 2. The average molecular weight is 529 g/mol. The molecule has 3 aromatic rings. The van der Waals surface area contributed by atoms with E-state index >= 15 is 0 Å². The van der Waals surface area contributed by atoms with Gasteiger partial charge in [-0.15, -0.1) is 0 Å². The smallest absolute Gasteiger partial charge is 0.432 e. The summed E-state index contributed by atoms with van der Waals surface area (Å²) in [6, 6.07) is 9.95. The zero-order valence-electron chi connectivity index (χ0n) is 20.4. The van der Waals surface area contributed by atoms with Gasteiger partial charge in [0, 0.05) is 37.1 Å². The highest BCUT2D eigenvalue weighted by molar-refractivity contribution is 6.05. The first kappa shape index (κ1) is 26.7. The number of halogens is 4. The monoisotopic (exact) mass is 528 g/mol. The number of nitrogens with one attached hydrogen (secondary N) is 2. The van der Waals surface area contributed by atoms with E-state index in [-0.39, 0.29) is 28.9 Å². The fourth-order valence-electron chi connectivity index (χ4n) is 3.98. The van der Waals surface area contributed by atoms with Gasteiger partial charge < -0.3 is 19.9 Å². The molecule has 198 valence electrons. The van der Waals surface area contributed by atoms with Gasteiger partial charge in [0.1, 0.15) is 23.1 Å². The van der Waals surface area contributed by atoms with Gasteiger partial charge in [-0.05, 0) is 55.2 Å². The standard InChI is InChI=1S/C27H24F4N4O3/c1-17(36)35-11-9-19(10-12-35)16-38-23-7-6-20(26-32-15-24(34-26)27(29,30)31)14-22(23)33-25(37)8-5-18-3-2-4-21(28)13-18/h2-4,6-7,13-15,19H,9-12,16H2,1H3,(H,32,34)(H,33,37). The van der Waals surface area contributed by atoms with Gasteiger partial charge >= 0.3 is 12.1 Å². The Morgan fingerprint density at radius 2 is 1.95 bits per heavy atom. The minimum atomic E-state index is -4.59. The first-order valence-electron chi connectivity index (χ1n) is 11.8. The lowest BCUT2D eigenvalue weighted by molar-refractivity contribution is -0.140. The van der Waals surface area contributed by atoms with E-state index in [1.807, 2.05) is 0 Å². The fourth-order valence-corrected chi connectivity index (χ4v) is 3.98. The number of anilines is 1. The molecule has 0 radical (unpaired) electrons. The number of ether oxygens (including phenoxy) is 1. The summed E-state index contributed by atoms with van der Waals surface area (Å²) in [6.45, 7) is 3.10. The number of hydrogen-bond donors (Lipinski definition) is 2. The van der Waals surface area contributed by atoms with Crippen LogP contribution in [0.5, 0.6) is 5.75 Å². The molecule has 2 aromatic carbocycles. The predicted octanol–water partition coefficient (Wildman–Crippen LogP) is 4.86. The third kappa shape index (κ3) is 6.91. The molecule has 0 bridgehead atoms. The Bertz CT molecular complexity index is 1380. The maximum absolute atomic E-state index is 13.4. The van der Waals surface area contributed by atoms with Crippen molar-refractivity contribution in [1.82, 2.24) is 14.9 Å². The molecule has 1 aliphatic heterocycles. The van der Waals surface area contributed by atoms with Gasteiger partial charge in [0.15, 0.2) is 0 Å². The minimum absolute atomic E-state index is 0.0240. The van der Waals surface area contributed by atoms with E-state index in [1.54, 1.807) is 11.0 Å². The summed E-state index contributed by atoms with van der Waals surface area (Å²) in [5.41, 5.74) is -0.225. The van der Waals surface area contributed by atoms with Crippen LogP contribution in [-0.4, -0.2) is 46.4 Å². The number of alkyl halides is 3. The molecule has 1 saturated heterocycles. The Labute approximate surface area is 216 Å². The highest BCUT2D eigenvalue weighted by Crippen LogP contribution is 2.33. The Morgan fingerprint density at radius 1 is 1.18 bits per heavy atom. The van der Waals surface area contributed by atoms with E-state index in [9.17, 15) is 27.2 Å². The van der Waals surface area contributed by atoms with Crippen molar-refractivity contribution in [3.8, 4) is 29.0 Å². The predicted molar refractivity (Wildman–Crippen MR) is 131 cm³/mol. The van der Waals surface area contributed by atoms with Crippen LogP contribution >= 0.6 is 0 Å². The number of piperidine rings is 1. The van der Waals surface area contributed by atoms with Gasteiger partial charge in [-0.25, -0.2) is 9.37 Å². The number of carbonyl (C=O) groups is 2. The maximum Gasteiger partial charge on any atom is 0.432 e. The molecule has 0 atom stereocenters. The molecule has 7 nitrogen and oxygen atoms in total. The number of nitrogens with zero attached hydrogens (tertiary/aromatic N) is 2. The fraction of sp³-hybridized carbons (Fsp3) is 0.296. The lowest BCUT2D eigenvalue weighted by atomic mass is 9.98. The molecular formula is C27H24F4N4O3. The van der Waals surface area contributed by atoms with E-state index in [0.29, 0.717) is 37.2 Å². The first-order chi connectivity index (χ1) is 18.1. The number of hydrogen-bond acceptors (Lipinski definition) is 4. The van der Waals surface area contributed by atoms with Crippen molar-refractivity contribution in [2.75, 3.05) is 25.0 Å². The summed E-state index contributed by atoms with van der Waals surface area (Å²) in [5.74, 6) is 4.19. The molecule has 0 saturated carbocycles. The molecule has 2 amide bonds. The van der Waals surface area contributed by atoms with Gasteiger partial charge in [-0.3, -0.25) is 9.59 Å². The van der Waals surface area contributed by atoms with E-state index in [0.717, 1.165) is 12.8 Å². The lowest BCUT2D eigenvalue weighted by Gasteiger charge is -2.31. The second kappa shape index (κ2) is 11.4. The van der Waals surface area contributed by atoms with Crippen LogP contribution in [-0.2, 0) is 15.8 Å². The van der Waals surface area contributed by atoms with Crippen molar-refractivity contribution in [3.63, 3.8) is 0 Å². The molecule has 11 heteroatoms. The minimum Gasteiger partial charge on any atom is -0.491 e. The van der Waals surface area contributed by atoms with Crippen LogP contribution in [0.1, 0.15) is 31.0 Å². The molecular weight excluding hydrogens is 504 g/mol. The summed E-state index contributed by atoms with van der Waals surface area (Å²) >= 11 is 0. The number of H-pyrrole nitrogens is 1. The normalized spacial score (nSPS) is 14.0. The van der Waals surface area contributed by atoms with Crippen molar-refractivity contribution >= 4 is 17.5 Å². The molecule has 0 aliphatic carbocycles. The van der Waals surface area contributed by atoms with Gasteiger partial charge in [0.2, 0.25) is 5.91 Å². The Hall–Kier alpha value is -4.33. The molecule has 1 aromatic heterocycles. The van der Waals surface area contributed by atoms with Crippen LogP contribution in [0.15, 0.2) is 48.7 Å². The molecule has 0 spiro atoms. The first-order valence-corrected chi connectivity index (χ1v) is 11.8. The highest BCUT2D eigenvalue weighted by Gasteiger charge is 2.33. The van der Waals surface area contributed by atoms with Gasteiger partial charge in [-0.2, -0.15) is 13.2 Å². The second-order valence-electron chi connectivity index (χ2n) is 8.83. The molecule has 2 heterocycles. The van der Waals surface area contributed by atoms with E-state index < -0.39 is 23.6 Å². The van der Waals surface area contributed by atoms with Crippen molar-refractivity contribution in [2.45, 2.75) is 25.9 Å². The van der Waals surface area contributed by atoms with Crippen LogP contribution in [0.3, 0.4) is 0 Å². The maximum atomic E-state index is 13.4. The number of aromatic amines is 1. The Morgan fingerprint density at radius 3 is 2.61 bits per heavy atom. The van der Waals surface area contributed by atoms with Crippen LogP contribution < -0.4 is 10.1 Å². The highest BCUT2D eigenvalue weighted by atomic mass is 19.4. The number of imidazole rings is 1. The van der Waals surface area contributed by atoms with Crippen molar-refractivity contribution in [2.24, 2.45) is 5.92 Å². The number of amides is 2.